The van der Waals surface area contributed by atoms with Gasteiger partial charge in [0.1, 0.15) is 11.4 Å². The third-order valence-corrected chi connectivity index (χ3v) is 5.61. The van der Waals surface area contributed by atoms with Crippen molar-refractivity contribution in [2.24, 2.45) is 0 Å². The van der Waals surface area contributed by atoms with Gasteiger partial charge in [0.25, 0.3) is 5.91 Å². The minimum Gasteiger partial charge on any atom is -0.494 e. The van der Waals surface area contributed by atoms with Gasteiger partial charge in [-0.1, -0.05) is 62.2 Å². The summed E-state index contributed by atoms with van der Waals surface area (Å²) in [6.45, 7) is 7.74. The molecule has 4 rings (SSSR count). The van der Waals surface area contributed by atoms with Gasteiger partial charge in [-0.25, -0.2) is 0 Å². The first kappa shape index (κ1) is 20.2. The molecule has 0 saturated heterocycles. The van der Waals surface area contributed by atoms with Crippen LogP contribution in [-0.4, -0.2) is 34.2 Å². The van der Waals surface area contributed by atoms with Crippen molar-refractivity contribution in [1.82, 2.24) is 15.1 Å². The van der Waals surface area contributed by atoms with Gasteiger partial charge in [0.15, 0.2) is 0 Å². The Labute approximate surface area is 178 Å². The number of unbranched alkanes of at least 4 members (excludes halogenated alkanes) is 1. The van der Waals surface area contributed by atoms with Gasteiger partial charge in [0, 0.05) is 17.7 Å². The molecule has 1 aromatic heterocycles. The number of benzene rings is 2. The zero-order valence-corrected chi connectivity index (χ0v) is 17.9. The Hall–Kier alpha value is -3.08. The zero-order valence-electron chi connectivity index (χ0n) is 17.9. The number of H-pyrrole nitrogens is 1. The monoisotopic (exact) mass is 403 g/mol. The lowest BCUT2D eigenvalue weighted by molar-refractivity contribution is 0.0741. The van der Waals surface area contributed by atoms with Crippen molar-refractivity contribution in [3.05, 3.63) is 70.9 Å². The first-order valence-corrected chi connectivity index (χ1v) is 10.8. The number of ether oxygens (including phenoxy) is 1. The van der Waals surface area contributed by atoms with Crippen molar-refractivity contribution in [3.8, 4) is 17.0 Å². The summed E-state index contributed by atoms with van der Waals surface area (Å²) in [4.78, 5) is 15.2. The standard InChI is InChI=1S/C25H29N3O2/c1-4-6-15-28-24(19-11-13-20(14-12-19)30-16-5-2)21-22(26-27-23(21)25(28)29)18-9-7-17(3)8-10-18/h7-14,24H,4-6,15-16H2,1-3H3,(H,26,27). The molecule has 1 amide bonds. The fourth-order valence-electron chi connectivity index (χ4n) is 4.00. The van der Waals surface area contributed by atoms with Crippen LogP contribution in [0.25, 0.3) is 11.3 Å². The van der Waals surface area contributed by atoms with E-state index < -0.39 is 0 Å². The number of carbonyl (C=O) groups excluding carboxylic acids is 1. The molecule has 0 radical (unpaired) electrons. The van der Waals surface area contributed by atoms with Gasteiger partial charge >= 0.3 is 0 Å². The van der Waals surface area contributed by atoms with Crippen LogP contribution in [0.5, 0.6) is 5.75 Å². The topological polar surface area (TPSA) is 58.2 Å². The number of hydrogen-bond donors (Lipinski definition) is 1. The lowest BCUT2D eigenvalue weighted by atomic mass is 9.95. The second kappa shape index (κ2) is 8.74. The van der Waals surface area contributed by atoms with Gasteiger partial charge < -0.3 is 9.64 Å². The van der Waals surface area contributed by atoms with Crippen LogP contribution >= 0.6 is 0 Å². The number of aromatic nitrogens is 2. The fourth-order valence-corrected chi connectivity index (χ4v) is 4.00. The lowest BCUT2D eigenvalue weighted by Crippen LogP contribution is -2.30. The summed E-state index contributed by atoms with van der Waals surface area (Å²) in [5.41, 5.74) is 5.74. The van der Waals surface area contributed by atoms with E-state index in [9.17, 15) is 4.79 Å². The predicted octanol–water partition coefficient (Wildman–Crippen LogP) is 5.52. The number of amides is 1. The summed E-state index contributed by atoms with van der Waals surface area (Å²) in [5, 5.41) is 7.57. The molecule has 156 valence electrons. The SMILES string of the molecule is CCCCN1C(=O)c2[nH]nc(-c3ccc(C)cc3)c2C1c1ccc(OCCC)cc1. The largest absolute Gasteiger partial charge is 0.494 e. The van der Waals surface area contributed by atoms with E-state index in [1.54, 1.807) is 0 Å². The van der Waals surface area contributed by atoms with Crippen LogP contribution in [0.4, 0.5) is 0 Å². The molecule has 0 saturated carbocycles. The van der Waals surface area contributed by atoms with Crippen LogP contribution < -0.4 is 4.74 Å². The van der Waals surface area contributed by atoms with E-state index >= 15 is 0 Å². The van der Waals surface area contributed by atoms with Gasteiger partial charge in [-0.3, -0.25) is 9.89 Å². The predicted molar refractivity (Wildman–Crippen MR) is 119 cm³/mol. The van der Waals surface area contributed by atoms with Crippen molar-refractivity contribution in [3.63, 3.8) is 0 Å². The van der Waals surface area contributed by atoms with E-state index in [4.69, 9.17) is 4.74 Å². The van der Waals surface area contributed by atoms with E-state index in [1.165, 1.54) is 5.56 Å². The molecule has 3 aromatic rings. The minimum atomic E-state index is -0.144. The second-order valence-electron chi connectivity index (χ2n) is 7.90. The zero-order chi connectivity index (χ0) is 21.1. The minimum absolute atomic E-state index is 0.0284. The highest BCUT2D eigenvalue weighted by Gasteiger charge is 2.41. The van der Waals surface area contributed by atoms with Crippen LogP contribution in [0.3, 0.4) is 0 Å². The number of carbonyl (C=O) groups is 1. The van der Waals surface area contributed by atoms with Crippen LogP contribution in [0.2, 0.25) is 0 Å². The average Bonchev–Trinajstić information content (AvgIpc) is 3.31. The number of aryl methyl sites for hydroxylation is 1. The molecular weight excluding hydrogens is 374 g/mol. The normalized spacial score (nSPS) is 15.5. The summed E-state index contributed by atoms with van der Waals surface area (Å²) >= 11 is 0. The number of rotatable bonds is 8. The highest BCUT2D eigenvalue weighted by atomic mass is 16.5. The first-order chi connectivity index (χ1) is 14.6. The summed E-state index contributed by atoms with van der Waals surface area (Å²) in [7, 11) is 0. The molecule has 1 N–H and O–H groups in total. The summed E-state index contributed by atoms with van der Waals surface area (Å²) in [6.07, 6.45) is 2.98. The quantitative estimate of drug-likeness (QED) is 0.539. The summed E-state index contributed by atoms with van der Waals surface area (Å²) in [6, 6.07) is 16.3. The molecule has 0 fully saturated rings. The van der Waals surface area contributed by atoms with Crippen molar-refractivity contribution in [2.45, 2.75) is 46.1 Å². The average molecular weight is 404 g/mol. The van der Waals surface area contributed by atoms with E-state index in [2.05, 4.69) is 67.4 Å². The molecule has 2 aromatic carbocycles. The van der Waals surface area contributed by atoms with Crippen molar-refractivity contribution >= 4 is 5.91 Å². The highest BCUT2D eigenvalue weighted by Crippen LogP contribution is 2.43. The van der Waals surface area contributed by atoms with Crippen LogP contribution in [-0.2, 0) is 0 Å². The fraction of sp³-hybridized carbons (Fsp3) is 0.360. The summed E-state index contributed by atoms with van der Waals surface area (Å²) in [5.74, 6) is 0.886. The maximum Gasteiger partial charge on any atom is 0.273 e. The molecule has 0 spiro atoms. The number of nitrogens with one attached hydrogen (secondary N) is 1. The molecule has 1 aliphatic rings. The maximum absolute atomic E-state index is 13.2. The van der Waals surface area contributed by atoms with Crippen molar-refractivity contribution in [2.75, 3.05) is 13.2 Å². The van der Waals surface area contributed by atoms with E-state index in [1.807, 2.05) is 17.0 Å². The van der Waals surface area contributed by atoms with E-state index in [-0.39, 0.29) is 11.9 Å². The third-order valence-electron chi connectivity index (χ3n) is 5.61. The molecule has 5 nitrogen and oxygen atoms in total. The Balaban J connectivity index is 1.76. The van der Waals surface area contributed by atoms with Gasteiger partial charge in [-0.2, -0.15) is 5.10 Å². The molecule has 1 unspecified atom stereocenters. The number of hydrogen-bond acceptors (Lipinski definition) is 3. The van der Waals surface area contributed by atoms with Crippen LogP contribution in [0.15, 0.2) is 48.5 Å². The second-order valence-corrected chi connectivity index (χ2v) is 7.90. The highest BCUT2D eigenvalue weighted by molar-refractivity contribution is 6.00. The summed E-state index contributed by atoms with van der Waals surface area (Å²) < 4.78 is 5.75. The van der Waals surface area contributed by atoms with Crippen molar-refractivity contribution in [1.29, 1.82) is 0 Å². The Bertz CT molecular complexity index is 1010. The molecule has 30 heavy (non-hydrogen) atoms. The first-order valence-electron chi connectivity index (χ1n) is 10.8. The molecule has 0 aliphatic carbocycles. The van der Waals surface area contributed by atoms with Crippen LogP contribution in [0, 0.1) is 6.92 Å². The number of fused-ring (bicyclic) bond motifs is 1. The molecule has 2 heterocycles. The third kappa shape index (κ3) is 3.72. The molecular formula is C25H29N3O2. The maximum atomic E-state index is 13.2. The van der Waals surface area contributed by atoms with Crippen molar-refractivity contribution < 1.29 is 9.53 Å². The van der Waals surface area contributed by atoms with Gasteiger partial charge in [-0.15, -0.1) is 0 Å². The molecule has 0 bridgehead atoms. The number of nitrogens with zero attached hydrogens (tertiary/aromatic N) is 2. The Morgan fingerprint density at radius 1 is 1.03 bits per heavy atom. The van der Waals surface area contributed by atoms with Gasteiger partial charge in [-0.05, 0) is 37.5 Å². The van der Waals surface area contributed by atoms with E-state index in [0.29, 0.717) is 12.3 Å². The molecule has 1 aliphatic heterocycles. The Morgan fingerprint density at radius 2 is 1.77 bits per heavy atom. The Morgan fingerprint density at radius 3 is 2.43 bits per heavy atom. The van der Waals surface area contributed by atoms with Gasteiger partial charge in [0.2, 0.25) is 0 Å². The van der Waals surface area contributed by atoms with E-state index in [0.717, 1.165) is 53.9 Å². The van der Waals surface area contributed by atoms with Crippen LogP contribution in [0.1, 0.15) is 66.3 Å². The lowest BCUT2D eigenvalue weighted by Gasteiger charge is -2.26. The smallest absolute Gasteiger partial charge is 0.273 e. The molecule has 5 heteroatoms. The molecule has 1 atom stereocenters. The number of aromatic amines is 1. The van der Waals surface area contributed by atoms with Gasteiger partial charge in [0.05, 0.1) is 18.3 Å². The Kier molecular flexibility index (Phi) is 5.88.